The second-order valence-electron chi connectivity index (χ2n) is 4.48. The maximum Gasteiger partial charge on any atom is 0.104 e. The third-order valence-electron chi connectivity index (χ3n) is 3.01. The Labute approximate surface area is 137 Å². The quantitative estimate of drug-likeness (QED) is 0.811. The molecular weight excluding hydrogens is 356 g/mol. The standard InChI is InChI=1S/C15H14BrClN2S/c1-19(9-11-4-2-3-5-12(11)16)14-7-6-10(15(18)20)8-13(14)17/h2-8H,9H2,1H3,(H2,18,20). The molecule has 2 aromatic rings. The molecule has 0 atom stereocenters. The van der Waals surface area contributed by atoms with Crippen LogP contribution in [-0.4, -0.2) is 12.0 Å². The van der Waals surface area contributed by atoms with E-state index < -0.39 is 0 Å². The van der Waals surface area contributed by atoms with Gasteiger partial charge in [0.05, 0.1) is 10.7 Å². The Bertz CT molecular complexity index is 646. The van der Waals surface area contributed by atoms with Crippen molar-refractivity contribution >= 4 is 50.4 Å². The third-order valence-corrected chi connectivity index (χ3v) is 4.32. The van der Waals surface area contributed by atoms with Gasteiger partial charge in [-0.25, -0.2) is 0 Å². The number of hydrogen-bond acceptors (Lipinski definition) is 2. The van der Waals surface area contributed by atoms with Crippen LogP contribution < -0.4 is 10.6 Å². The van der Waals surface area contributed by atoms with Crippen molar-refractivity contribution in [3.8, 4) is 0 Å². The van der Waals surface area contributed by atoms with E-state index in [2.05, 4.69) is 26.9 Å². The van der Waals surface area contributed by atoms with E-state index in [1.165, 1.54) is 5.56 Å². The first-order valence-corrected chi connectivity index (χ1v) is 7.61. The van der Waals surface area contributed by atoms with Crippen LogP contribution in [0, 0.1) is 0 Å². The summed E-state index contributed by atoms with van der Waals surface area (Å²) in [5, 5.41) is 0.643. The lowest BCUT2D eigenvalue weighted by Gasteiger charge is -2.21. The summed E-state index contributed by atoms with van der Waals surface area (Å²) in [5.41, 5.74) is 8.53. The molecule has 0 aliphatic carbocycles. The Hall–Kier alpha value is -1.10. The molecule has 0 unspecified atom stereocenters. The highest BCUT2D eigenvalue weighted by atomic mass is 79.9. The summed E-state index contributed by atoms with van der Waals surface area (Å²) in [6.07, 6.45) is 0. The molecule has 2 nitrogen and oxygen atoms in total. The minimum Gasteiger partial charge on any atom is -0.389 e. The van der Waals surface area contributed by atoms with Crippen LogP contribution in [0.15, 0.2) is 46.9 Å². The Morgan fingerprint density at radius 2 is 2.00 bits per heavy atom. The molecule has 0 heterocycles. The fraction of sp³-hybridized carbons (Fsp3) is 0.133. The van der Waals surface area contributed by atoms with E-state index in [4.69, 9.17) is 29.6 Å². The van der Waals surface area contributed by atoms with Gasteiger partial charge in [-0.2, -0.15) is 0 Å². The Morgan fingerprint density at radius 1 is 1.30 bits per heavy atom. The molecule has 0 fully saturated rings. The van der Waals surface area contributed by atoms with Gasteiger partial charge < -0.3 is 10.6 Å². The monoisotopic (exact) mass is 368 g/mol. The highest BCUT2D eigenvalue weighted by molar-refractivity contribution is 9.10. The summed E-state index contributed by atoms with van der Waals surface area (Å²) >= 11 is 14.8. The molecule has 0 saturated heterocycles. The van der Waals surface area contributed by atoms with Crippen molar-refractivity contribution in [2.75, 3.05) is 11.9 Å². The van der Waals surface area contributed by atoms with Crippen molar-refractivity contribution < 1.29 is 0 Å². The van der Waals surface area contributed by atoms with Gasteiger partial charge in [-0.3, -0.25) is 0 Å². The number of hydrogen-bond donors (Lipinski definition) is 1. The smallest absolute Gasteiger partial charge is 0.104 e. The lowest BCUT2D eigenvalue weighted by molar-refractivity contribution is 0.918. The van der Waals surface area contributed by atoms with Crippen molar-refractivity contribution in [3.05, 3.63) is 63.1 Å². The maximum atomic E-state index is 6.31. The van der Waals surface area contributed by atoms with Crippen molar-refractivity contribution in [2.24, 2.45) is 5.73 Å². The largest absolute Gasteiger partial charge is 0.389 e. The molecule has 2 N–H and O–H groups in total. The summed E-state index contributed by atoms with van der Waals surface area (Å²) in [5.74, 6) is 0. The number of thiocarbonyl (C=S) groups is 1. The minimum atomic E-state index is 0.354. The van der Waals surface area contributed by atoms with E-state index in [-0.39, 0.29) is 0 Å². The third kappa shape index (κ3) is 3.51. The van der Waals surface area contributed by atoms with Gasteiger partial charge in [0, 0.05) is 23.6 Å². The van der Waals surface area contributed by atoms with E-state index in [0.29, 0.717) is 10.0 Å². The minimum absolute atomic E-state index is 0.354. The molecule has 0 aliphatic heterocycles. The van der Waals surface area contributed by atoms with Crippen molar-refractivity contribution in [1.29, 1.82) is 0 Å². The lowest BCUT2D eigenvalue weighted by Crippen LogP contribution is -2.17. The van der Waals surface area contributed by atoms with Gasteiger partial charge in [0.1, 0.15) is 4.99 Å². The lowest BCUT2D eigenvalue weighted by atomic mass is 10.1. The fourth-order valence-corrected chi connectivity index (χ4v) is 2.80. The zero-order valence-corrected chi connectivity index (χ0v) is 14.1. The first kappa shape index (κ1) is 15.3. The van der Waals surface area contributed by atoms with Gasteiger partial charge in [0.15, 0.2) is 0 Å². The molecule has 0 spiro atoms. The van der Waals surface area contributed by atoms with Gasteiger partial charge in [0.2, 0.25) is 0 Å². The molecule has 0 radical (unpaired) electrons. The molecule has 20 heavy (non-hydrogen) atoms. The first-order valence-electron chi connectivity index (χ1n) is 6.03. The Balaban J connectivity index is 2.23. The molecule has 0 aromatic heterocycles. The van der Waals surface area contributed by atoms with Crippen LogP contribution in [-0.2, 0) is 6.54 Å². The zero-order valence-electron chi connectivity index (χ0n) is 10.9. The number of benzene rings is 2. The average Bonchev–Trinajstić information content (AvgIpc) is 2.41. The van der Waals surface area contributed by atoms with Gasteiger partial charge in [-0.15, -0.1) is 0 Å². The average molecular weight is 370 g/mol. The van der Waals surface area contributed by atoms with E-state index in [1.807, 2.05) is 37.4 Å². The molecule has 0 amide bonds. The second-order valence-corrected chi connectivity index (χ2v) is 6.18. The number of halogens is 2. The number of anilines is 1. The summed E-state index contributed by atoms with van der Waals surface area (Å²) in [6, 6.07) is 13.8. The highest BCUT2D eigenvalue weighted by Gasteiger charge is 2.10. The molecule has 5 heteroatoms. The predicted molar refractivity (Wildman–Crippen MR) is 93.6 cm³/mol. The van der Waals surface area contributed by atoms with Crippen LogP contribution in [0.1, 0.15) is 11.1 Å². The van der Waals surface area contributed by atoms with E-state index in [0.717, 1.165) is 22.3 Å². The zero-order chi connectivity index (χ0) is 14.7. The number of rotatable bonds is 4. The van der Waals surface area contributed by atoms with Crippen molar-refractivity contribution in [1.82, 2.24) is 0 Å². The summed E-state index contributed by atoms with van der Waals surface area (Å²) in [7, 11) is 2.00. The SMILES string of the molecule is CN(Cc1ccccc1Br)c1ccc(C(N)=S)cc1Cl. The highest BCUT2D eigenvalue weighted by Crippen LogP contribution is 2.28. The second kappa shape index (κ2) is 6.57. The van der Waals surface area contributed by atoms with Crippen LogP contribution in [0.25, 0.3) is 0 Å². The van der Waals surface area contributed by atoms with Crippen molar-refractivity contribution in [3.63, 3.8) is 0 Å². The number of nitrogens with zero attached hydrogens (tertiary/aromatic N) is 1. The van der Waals surface area contributed by atoms with Gasteiger partial charge in [0.25, 0.3) is 0 Å². The normalized spacial score (nSPS) is 10.3. The maximum absolute atomic E-state index is 6.31. The topological polar surface area (TPSA) is 29.3 Å². The molecule has 0 saturated carbocycles. The molecule has 0 bridgehead atoms. The van der Waals surface area contributed by atoms with Gasteiger partial charge in [-0.05, 0) is 29.8 Å². The molecular formula is C15H14BrClN2S. The molecule has 2 aromatic carbocycles. The summed E-state index contributed by atoms with van der Waals surface area (Å²) in [4.78, 5) is 2.44. The summed E-state index contributed by atoms with van der Waals surface area (Å²) < 4.78 is 1.09. The Kier molecular flexibility index (Phi) is 5.02. The van der Waals surface area contributed by atoms with E-state index in [1.54, 1.807) is 6.07 Å². The van der Waals surface area contributed by atoms with Crippen LogP contribution in [0.4, 0.5) is 5.69 Å². The van der Waals surface area contributed by atoms with Crippen LogP contribution in [0.3, 0.4) is 0 Å². The van der Waals surface area contributed by atoms with Gasteiger partial charge >= 0.3 is 0 Å². The molecule has 2 rings (SSSR count). The van der Waals surface area contributed by atoms with Crippen LogP contribution in [0.2, 0.25) is 5.02 Å². The molecule has 0 aliphatic rings. The van der Waals surface area contributed by atoms with Crippen LogP contribution >= 0.6 is 39.7 Å². The van der Waals surface area contributed by atoms with E-state index in [9.17, 15) is 0 Å². The summed E-state index contributed by atoms with van der Waals surface area (Å²) in [6.45, 7) is 0.758. The predicted octanol–water partition coefficient (Wildman–Crippen LogP) is 4.37. The number of nitrogens with two attached hydrogens (primary N) is 1. The first-order chi connectivity index (χ1) is 9.49. The molecule has 104 valence electrons. The van der Waals surface area contributed by atoms with Crippen molar-refractivity contribution in [2.45, 2.75) is 6.54 Å². The fourth-order valence-electron chi connectivity index (χ4n) is 1.94. The van der Waals surface area contributed by atoms with Crippen LogP contribution in [0.5, 0.6) is 0 Å². The van der Waals surface area contributed by atoms with Gasteiger partial charge in [-0.1, -0.05) is 57.9 Å². The Morgan fingerprint density at radius 3 is 2.60 bits per heavy atom. The van der Waals surface area contributed by atoms with E-state index >= 15 is 0 Å².